The van der Waals surface area contributed by atoms with Crippen LogP contribution in [0.3, 0.4) is 0 Å². The fourth-order valence-electron chi connectivity index (χ4n) is 7.51. The second kappa shape index (κ2) is 25.6. The van der Waals surface area contributed by atoms with Crippen LogP contribution in [0.1, 0.15) is 77.6 Å². The highest BCUT2D eigenvalue weighted by atomic mass is 32.2. The number of carbonyl (C=O) groups is 4. The lowest BCUT2D eigenvalue weighted by atomic mass is 10.0. The van der Waals surface area contributed by atoms with Gasteiger partial charge in [-0.05, 0) is 61.1 Å². The molecule has 5 amide bonds. The molecule has 0 saturated carbocycles. The van der Waals surface area contributed by atoms with Gasteiger partial charge in [-0.25, -0.2) is 9.59 Å². The molecule has 4 heterocycles. The number of oxime groups is 1. The Labute approximate surface area is 378 Å². The van der Waals surface area contributed by atoms with E-state index in [0.717, 1.165) is 59.5 Å². The summed E-state index contributed by atoms with van der Waals surface area (Å²) in [6.07, 6.45) is 4.38. The van der Waals surface area contributed by atoms with E-state index in [2.05, 4.69) is 38.3 Å². The number of hydrogen-bond donors (Lipinski definition) is 6. The Morgan fingerprint density at radius 2 is 1.55 bits per heavy atom. The van der Waals surface area contributed by atoms with Crippen molar-refractivity contribution in [2.24, 2.45) is 5.16 Å². The van der Waals surface area contributed by atoms with Crippen molar-refractivity contribution in [1.82, 2.24) is 21.3 Å². The number of alkyl carbamates (subject to hydrolysis) is 1. The van der Waals surface area contributed by atoms with Gasteiger partial charge < -0.3 is 55.4 Å². The summed E-state index contributed by atoms with van der Waals surface area (Å²) in [7, 11) is 0. The van der Waals surface area contributed by atoms with Crippen LogP contribution < -0.4 is 26.2 Å². The molecule has 0 aromatic heterocycles. The van der Waals surface area contributed by atoms with Gasteiger partial charge in [-0.15, -0.1) is 0 Å². The number of fused-ring (bicyclic) bond motifs is 3. The molecule has 3 aromatic rings. The van der Waals surface area contributed by atoms with E-state index < -0.39 is 6.09 Å². The van der Waals surface area contributed by atoms with Crippen molar-refractivity contribution in [3.63, 3.8) is 0 Å². The lowest BCUT2D eigenvalue weighted by molar-refractivity contribution is -0.121. The number of benzene rings is 3. The number of nitrogens with one attached hydrogen (secondary N) is 4. The summed E-state index contributed by atoms with van der Waals surface area (Å²) in [6.45, 7) is 3.11. The molecule has 0 spiro atoms. The third-order valence-corrected chi connectivity index (χ3v) is 12.3. The number of hydrogen-bond acceptors (Lipinski definition) is 12. The first-order chi connectivity index (χ1) is 31.3. The largest absolute Gasteiger partial charge is 0.445 e. The maximum absolute atomic E-state index is 13.8. The minimum Gasteiger partial charge on any atom is -0.445 e. The third kappa shape index (κ3) is 14.4. The number of urea groups is 1. The van der Waals surface area contributed by atoms with E-state index >= 15 is 0 Å². The van der Waals surface area contributed by atoms with Gasteiger partial charge in [0.25, 0.3) is 5.91 Å². The van der Waals surface area contributed by atoms with Crippen LogP contribution in [0.5, 0.6) is 0 Å². The SMILES string of the molecule is O=C(CCCCC1SC[C@@H]2NC(=O)N[C@H]12)NCCCOCCOCCCNC(=O)OCc1ccc(C2=NOC(CN3C(=O)c4ccccc4C#Cc4ccccc43)C2)cc1.OCCO. The quantitative estimate of drug-likeness (QED) is 0.0481. The van der Waals surface area contributed by atoms with E-state index in [1.807, 2.05) is 78.5 Å². The molecule has 2 unspecified atom stereocenters. The maximum Gasteiger partial charge on any atom is 0.407 e. The number of aliphatic hydroxyl groups is 2. The van der Waals surface area contributed by atoms with Gasteiger partial charge in [-0.1, -0.05) is 71.9 Å². The second-order valence-corrected chi connectivity index (χ2v) is 16.8. The number of unbranched alkanes of at least 4 members (excludes halogenated alkanes) is 1. The van der Waals surface area contributed by atoms with Crippen LogP contribution in [-0.2, 0) is 30.4 Å². The molecule has 2 saturated heterocycles. The van der Waals surface area contributed by atoms with Crippen LogP contribution >= 0.6 is 11.8 Å². The number of rotatable bonds is 22. The first-order valence-electron chi connectivity index (χ1n) is 21.9. The molecule has 3 aromatic carbocycles. The van der Waals surface area contributed by atoms with Gasteiger partial charge in [0, 0.05) is 61.3 Å². The number of nitrogens with zero attached hydrogens (tertiary/aromatic N) is 2. The van der Waals surface area contributed by atoms with E-state index in [-0.39, 0.29) is 55.9 Å². The van der Waals surface area contributed by atoms with E-state index in [4.69, 9.17) is 29.3 Å². The summed E-state index contributed by atoms with van der Waals surface area (Å²) in [5.41, 5.74) is 5.29. The molecule has 0 aliphatic carbocycles. The van der Waals surface area contributed by atoms with E-state index in [0.29, 0.717) is 81.7 Å². The third-order valence-electron chi connectivity index (χ3n) is 10.8. The Morgan fingerprint density at radius 1 is 0.844 bits per heavy atom. The summed E-state index contributed by atoms with van der Waals surface area (Å²) >= 11 is 1.90. The van der Waals surface area contributed by atoms with Gasteiger partial charge >= 0.3 is 12.1 Å². The number of anilines is 1. The molecule has 0 radical (unpaired) electrons. The Balaban J connectivity index is 0.00000163. The number of para-hydroxylation sites is 1. The maximum atomic E-state index is 13.8. The van der Waals surface area contributed by atoms with Gasteiger partial charge in [0.1, 0.15) is 6.61 Å². The fraction of sp³-hybridized carbons (Fsp3) is 0.468. The Hall–Kier alpha value is -5.64. The Bertz CT molecular complexity index is 2110. The fourth-order valence-corrected chi connectivity index (χ4v) is 9.05. The number of aliphatic hydroxyl groups excluding tert-OH is 2. The van der Waals surface area contributed by atoms with E-state index in [1.165, 1.54) is 0 Å². The summed E-state index contributed by atoms with van der Waals surface area (Å²) in [5, 5.41) is 31.7. The molecule has 16 nitrogen and oxygen atoms in total. The average Bonchev–Trinajstić information content (AvgIpc) is 4.05. The summed E-state index contributed by atoms with van der Waals surface area (Å²) in [5.74, 6) is 7.25. The summed E-state index contributed by atoms with van der Waals surface area (Å²) in [4.78, 5) is 57.2. The minimum absolute atomic E-state index is 0.0602. The van der Waals surface area contributed by atoms with Crippen molar-refractivity contribution in [2.75, 3.05) is 69.9 Å². The molecule has 64 heavy (non-hydrogen) atoms. The molecular formula is C47H58N6O10S. The predicted molar refractivity (Wildman–Crippen MR) is 243 cm³/mol. The highest BCUT2D eigenvalue weighted by Crippen LogP contribution is 2.33. The summed E-state index contributed by atoms with van der Waals surface area (Å²) < 4.78 is 16.6. The highest BCUT2D eigenvalue weighted by Gasteiger charge is 2.42. The normalized spacial score (nSPS) is 19.1. The molecule has 342 valence electrons. The van der Waals surface area contributed by atoms with Crippen molar-refractivity contribution < 1.29 is 48.4 Å². The van der Waals surface area contributed by atoms with Crippen molar-refractivity contribution >= 4 is 47.1 Å². The molecule has 4 aliphatic rings. The second-order valence-electron chi connectivity index (χ2n) is 15.5. The van der Waals surface area contributed by atoms with Crippen LogP contribution in [0.2, 0.25) is 0 Å². The molecule has 4 aliphatic heterocycles. The first-order valence-corrected chi connectivity index (χ1v) is 22.9. The number of amides is 5. The molecule has 17 heteroatoms. The average molecular weight is 899 g/mol. The molecule has 7 rings (SSSR count). The predicted octanol–water partition coefficient (Wildman–Crippen LogP) is 4.09. The van der Waals surface area contributed by atoms with Crippen LogP contribution in [0.15, 0.2) is 78.0 Å². The number of ether oxygens (including phenoxy) is 3. The van der Waals surface area contributed by atoms with Gasteiger partial charge in [-0.3, -0.25) is 9.59 Å². The van der Waals surface area contributed by atoms with E-state index in [1.54, 1.807) is 11.0 Å². The van der Waals surface area contributed by atoms with Gasteiger partial charge in [0.05, 0.1) is 62.0 Å². The van der Waals surface area contributed by atoms with Crippen LogP contribution in [0.25, 0.3) is 0 Å². The Kier molecular flexibility index (Phi) is 19.1. The molecular weight excluding hydrogens is 841 g/mol. The summed E-state index contributed by atoms with van der Waals surface area (Å²) in [6, 6.07) is 23.0. The zero-order valence-electron chi connectivity index (χ0n) is 35.9. The Morgan fingerprint density at radius 3 is 2.31 bits per heavy atom. The smallest absolute Gasteiger partial charge is 0.407 e. The first kappa shape index (κ1) is 47.8. The minimum atomic E-state index is -0.501. The molecule has 0 bridgehead atoms. The molecule has 2 fully saturated rings. The molecule has 4 atom stereocenters. The van der Waals surface area contributed by atoms with Crippen molar-refractivity contribution in [1.29, 1.82) is 0 Å². The lowest BCUT2D eigenvalue weighted by Crippen LogP contribution is -2.39. The van der Waals surface area contributed by atoms with E-state index in [9.17, 15) is 19.2 Å². The zero-order chi connectivity index (χ0) is 44.9. The number of carbonyl (C=O) groups excluding carboxylic acids is 4. The van der Waals surface area contributed by atoms with Gasteiger partial charge in [0.15, 0.2) is 6.10 Å². The van der Waals surface area contributed by atoms with Crippen LogP contribution in [-0.4, -0.2) is 128 Å². The topological polar surface area (TPSA) is 209 Å². The standard InChI is InChI=1S/C45H52N6O8S.C2H6O2/c52-41(14-6-5-13-40-42-38(30-60-40)48-44(54)49-42)46-21-7-23-56-25-26-57-24-8-22-47-45(55)58-29-31-15-17-33(18-16-31)37-27-35(59-50-37)28-51-39-12-4-2-10-34(39)20-19-32-9-1-3-11-36(32)43(51)53;3-1-2-4/h1-4,9-12,15-18,35,38,40,42H,5-8,13-14,21-30H2,(H,46,52)(H,47,55)(H2,48,49,54);3-4H,1-2H2/t35?,38-,40?,42-;/m0./s1. The lowest BCUT2D eigenvalue weighted by Gasteiger charge is -2.27. The van der Waals surface area contributed by atoms with Crippen molar-refractivity contribution in [2.45, 2.75) is 75.0 Å². The van der Waals surface area contributed by atoms with Crippen LogP contribution in [0.4, 0.5) is 15.3 Å². The zero-order valence-corrected chi connectivity index (χ0v) is 36.7. The van der Waals surface area contributed by atoms with Crippen molar-refractivity contribution in [3.8, 4) is 11.8 Å². The molecule has 6 N–H and O–H groups in total. The monoisotopic (exact) mass is 898 g/mol. The van der Waals surface area contributed by atoms with Gasteiger partial charge in [-0.2, -0.15) is 11.8 Å². The van der Waals surface area contributed by atoms with Gasteiger partial charge in [0.2, 0.25) is 5.91 Å². The van der Waals surface area contributed by atoms with Crippen molar-refractivity contribution in [3.05, 3.63) is 101 Å². The number of thioether (sulfide) groups is 1. The highest BCUT2D eigenvalue weighted by molar-refractivity contribution is 8.00. The van der Waals surface area contributed by atoms with Crippen LogP contribution in [0, 0.1) is 11.8 Å².